The quantitative estimate of drug-likeness (QED) is 0.311. The number of phenolic OH excluding ortho intramolecular Hbond substituents is 1. The summed E-state index contributed by atoms with van der Waals surface area (Å²) < 4.78 is 5.32. The van der Waals surface area contributed by atoms with E-state index in [-0.39, 0.29) is 5.75 Å². The molecule has 0 unspecified atom stereocenters. The van der Waals surface area contributed by atoms with Gasteiger partial charge >= 0.3 is 0 Å². The highest BCUT2D eigenvalue weighted by atomic mass is 16.5. The molecule has 33 heavy (non-hydrogen) atoms. The predicted molar refractivity (Wildman–Crippen MR) is 133 cm³/mol. The minimum atomic E-state index is 0.106. The average molecular weight is 432 g/mol. The molecule has 6 rings (SSSR count). The minimum Gasteiger partial charge on any atom is -0.504 e. The highest BCUT2D eigenvalue weighted by Crippen LogP contribution is 2.34. The van der Waals surface area contributed by atoms with Crippen molar-refractivity contribution in [2.75, 3.05) is 7.11 Å². The number of aromatic hydroxyl groups is 1. The normalized spacial score (nSPS) is 12.3. The fraction of sp³-hybridized carbons (Fsp3) is 0.0370. The number of phenols is 1. The Kier molecular flexibility index (Phi) is 4.36. The maximum atomic E-state index is 10.0. The topological polar surface area (TPSA) is 86.8 Å². The average Bonchev–Trinajstić information content (AvgIpc) is 3.59. The van der Waals surface area contributed by atoms with Crippen molar-refractivity contribution in [1.29, 1.82) is 0 Å². The summed E-state index contributed by atoms with van der Waals surface area (Å²) in [5, 5.41) is 10.0. The molecule has 0 atom stereocenters. The first-order chi connectivity index (χ1) is 16.1. The molecule has 0 aliphatic carbocycles. The second-order valence-electron chi connectivity index (χ2n) is 7.97. The molecule has 3 N–H and O–H groups in total. The minimum absolute atomic E-state index is 0.106. The van der Waals surface area contributed by atoms with Crippen LogP contribution in [0.4, 0.5) is 0 Å². The number of aromatic amines is 2. The van der Waals surface area contributed by atoms with Crippen LogP contribution in [0.25, 0.3) is 57.5 Å². The smallest absolute Gasteiger partial charge is 0.161 e. The van der Waals surface area contributed by atoms with Gasteiger partial charge in [-0.3, -0.25) is 0 Å². The van der Waals surface area contributed by atoms with Crippen molar-refractivity contribution in [2.24, 2.45) is 0 Å². The first-order valence-electron chi connectivity index (χ1n) is 10.6. The number of H-pyrrole nitrogens is 2. The summed E-state index contributed by atoms with van der Waals surface area (Å²) in [6.07, 6.45) is 7.99. The van der Waals surface area contributed by atoms with E-state index in [1.54, 1.807) is 13.2 Å². The van der Waals surface area contributed by atoms with Gasteiger partial charge in [-0.2, -0.15) is 0 Å². The van der Waals surface area contributed by atoms with Crippen molar-refractivity contribution in [3.63, 3.8) is 0 Å². The number of hydrogen-bond acceptors (Lipinski definition) is 4. The van der Waals surface area contributed by atoms with Crippen LogP contribution in [0.15, 0.2) is 60.7 Å². The van der Waals surface area contributed by atoms with E-state index in [1.807, 2.05) is 72.8 Å². The molecule has 8 bridgehead atoms. The Morgan fingerprint density at radius 2 is 1.27 bits per heavy atom. The molecule has 4 aromatic rings. The van der Waals surface area contributed by atoms with Gasteiger partial charge in [-0.05, 0) is 84.5 Å². The maximum absolute atomic E-state index is 10.0. The van der Waals surface area contributed by atoms with Crippen molar-refractivity contribution in [2.45, 2.75) is 0 Å². The highest BCUT2D eigenvalue weighted by molar-refractivity contribution is 5.88. The number of hydrogen-bond donors (Lipinski definition) is 3. The standard InChI is InChI=1S/C27H20N4O2/c1-33-27-10-16(2-9-26(27)32)24-14-23-13-21-6-5-19(29-21)11-17-3-4-18(28-17)12-20-7-8-22(30-20)15-25(24)31-23/h2-15,28,31-32H,1H3. The summed E-state index contributed by atoms with van der Waals surface area (Å²) in [7, 11) is 1.55. The Balaban J connectivity index is 1.65. The summed E-state index contributed by atoms with van der Waals surface area (Å²) >= 11 is 0. The van der Waals surface area contributed by atoms with E-state index >= 15 is 0 Å². The molecule has 0 saturated carbocycles. The summed E-state index contributed by atoms with van der Waals surface area (Å²) in [4.78, 5) is 16.4. The summed E-state index contributed by atoms with van der Waals surface area (Å²) in [5.41, 5.74) is 9.17. The van der Waals surface area contributed by atoms with Gasteiger partial charge in [-0.15, -0.1) is 0 Å². The number of rotatable bonds is 2. The van der Waals surface area contributed by atoms with Crippen LogP contribution in [-0.2, 0) is 0 Å². The molecule has 6 nitrogen and oxygen atoms in total. The van der Waals surface area contributed by atoms with Gasteiger partial charge in [0.2, 0.25) is 0 Å². The van der Waals surface area contributed by atoms with Crippen molar-refractivity contribution < 1.29 is 9.84 Å². The van der Waals surface area contributed by atoms with Crippen LogP contribution in [0.1, 0.15) is 22.8 Å². The zero-order chi connectivity index (χ0) is 22.4. The van der Waals surface area contributed by atoms with Crippen LogP contribution < -0.4 is 4.74 Å². The highest BCUT2D eigenvalue weighted by Gasteiger charge is 2.10. The fourth-order valence-corrected chi connectivity index (χ4v) is 4.10. The molecule has 0 radical (unpaired) electrons. The molecule has 0 saturated heterocycles. The van der Waals surface area contributed by atoms with Gasteiger partial charge < -0.3 is 19.8 Å². The lowest BCUT2D eigenvalue weighted by molar-refractivity contribution is 0.373. The first-order valence-corrected chi connectivity index (χ1v) is 10.6. The summed E-state index contributed by atoms with van der Waals surface area (Å²) in [6, 6.07) is 19.6. The monoisotopic (exact) mass is 432 g/mol. The van der Waals surface area contributed by atoms with Gasteiger partial charge in [0.25, 0.3) is 0 Å². The van der Waals surface area contributed by atoms with Crippen molar-refractivity contribution in [3.05, 3.63) is 83.4 Å². The number of aromatic nitrogens is 4. The molecule has 5 heterocycles. The van der Waals surface area contributed by atoms with Gasteiger partial charge in [0.1, 0.15) is 0 Å². The third kappa shape index (κ3) is 3.68. The van der Waals surface area contributed by atoms with Crippen molar-refractivity contribution in [3.8, 4) is 22.6 Å². The molecule has 2 aliphatic rings. The number of nitrogens with one attached hydrogen (secondary N) is 2. The third-order valence-corrected chi connectivity index (χ3v) is 5.66. The second kappa shape index (κ2) is 7.53. The SMILES string of the molecule is COc1cc(-c2cc3cc4nc(cc5ccc(cc6nc(cc2[nH]3)C=C6)[nH]5)C=C4)ccc1O. The lowest BCUT2D eigenvalue weighted by Gasteiger charge is -2.05. The zero-order valence-corrected chi connectivity index (χ0v) is 17.8. The van der Waals surface area contributed by atoms with E-state index in [0.29, 0.717) is 5.75 Å². The van der Waals surface area contributed by atoms with E-state index in [1.165, 1.54) is 0 Å². The Bertz CT molecular complexity index is 1620. The predicted octanol–water partition coefficient (Wildman–Crippen LogP) is 6.04. The molecule has 1 aromatic carbocycles. The van der Waals surface area contributed by atoms with E-state index < -0.39 is 0 Å². The summed E-state index contributed by atoms with van der Waals surface area (Å²) in [6.45, 7) is 0. The van der Waals surface area contributed by atoms with Crippen LogP contribution >= 0.6 is 0 Å². The first kappa shape index (κ1) is 19.1. The Morgan fingerprint density at radius 3 is 1.91 bits per heavy atom. The Morgan fingerprint density at radius 1 is 0.667 bits per heavy atom. The van der Waals surface area contributed by atoms with Gasteiger partial charge in [-0.25, -0.2) is 9.97 Å². The van der Waals surface area contributed by atoms with E-state index in [2.05, 4.69) is 16.0 Å². The molecule has 0 amide bonds. The van der Waals surface area contributed by atoms with Gasteiger partial charge in [0, 0.05) is 27.6 Å². The number of ether oxygens (including phenoxy) is 1. The Labute approximate surface area is 189 Å². The van der Waals surface area contributed by atoms with Crippen LogP contribution in [0.5, 0.6) is 11.5 Å². The van der Waals surface area contributed by atoms with Gasteiger partial charge in [0.15, 0.2) is 11.5 Å². The number of benzene rings is 1. The van der Waals surface area contributed by atoms with Crippen LogP contribution in [0.2, 0.25) is 0 Å². The number of methoxy groups -OCH3 is 1. The molecular formula is C27H20N4O2. The van der Waals surface area contributed by atoms with Crippen LogP contribution in [0.3, 0.4) is 0 Å². The van der Waals surface area contributed by atoms with Gasteiger partial charge in [0.05, 0.1) is 29.9 Å². The van der Waals surface area contributed by atoms with Crippen molar-refractivity contribution >= 4 is 46.4 Å². The van der Waals surface area contributed by atoms with E-state index in [4.69, 9.17) is 14.7 Å². The molecule has 0 fully saturated rings. The van der Waals surface area contributed by atoms with E-state index in [9.17, 15) is 5.11 Å². The number of fused-ring (bicyclic) bond motifs is 8. The van der Waals surface area contributed by atoms with Crippen LogP contribution in [-0.4, -0.2) is 32.2 Å². The zero-order valence-electron chi connectivity index (χ0n) is 17.8. The maximum Gasteiger partial charge on any atom is 0.161 e. The fourth-order valence-electron chi connectivity index (χ4n) is 4.10. The Hall–Kier alpha value is -4.58. The summed E-state index contributed by atoms with van der Waals surface area (Å²) in [5.74, 6) is 0.532. The largest absolute Gasteiger partial charge is 0.504 e. The second-order valence-corrected chi connectivity index (χ2v) is 7.97. The van der Waals surface area contributed by atoms with Crippen molar-refractivity contribution in [1.82, 2.24) is 19.9 Å². The van der Waals surface area contributed by atoms with Crippen LogP contribution in [0, 0.1) is 0 Å². The molecular weight excluding hydrogens is 412 g/mol. The molecule has 160 valence electrons. The molecule has 3 aromatic heterocycles. The molecule has 6 heteroatoms. The third-order valence-electron chi connectivity index (χ3n) is 5.66. The lowest BCUT2D eigenvalue weighted by atomic mass is 10.1. The molecule has 2 aliphatic heterocycles. The van der Waals surface area contributed by atoms with E-state index in [0.717, 1.165) is 56.0 Å². The molecule has 0 spiro atoms. The number of nitrogens with zero attached hydrogens (tertiary/aromatic N) is 2. The van der Waals surface area contributed by atoms with Gasteiger partial charge in [-0.1, -0.05) is 6.07 Å². The lowest BCUT2D eigenvalue weighted by Crippen LogP contribution is -1.85.